The number of fused-ring (bicyclic) bond motifs is 1. The van der Waals surface area contributed by atoms with Gasteiger partial charge in [0, 0.05) is 35.5 Å². The van der Waals surface area contributed by atoms with Gasteiger partial charge in [0.05, 0.1) is 0 Å². The van der Waals surface area contributed by atoms with Crippen molar-refractivity contribution in [2.24, 2.45) is 5.92 Å². The average molecular weight is 337 g/mol. The lowest BCUT2D eigenvalue weighted by Gasteiger charge is -2.29. The highest BCUT2D eigenvalue weighted by Crippen LogP contribution is 2.25. The zero-order valence-corrected chi connectivity index (χ0v) is 14.4. The Morgan fingerprint density at radius 2 is 2.22 bits per heavy atom. The molecule has 2 aliphatic heterocycles. The van der Waals surface area contributed by atoms with Gasteiger partial charge in [-0.3, -0.25) is 10.2 Å². The molecular formula is C17H25ClN4O. The van der Waals surface area contributed by atoms with E-state index in [1.165, 1.54) is 0 Å². The molecule has 3 unspecified atom stereocenters. The van der Waals surface area contributed by atoms with Gasteiger partial charge in [-0.25, -0.2) is 5.43 Å². The predicted molar refractivity (Wildman–Crippen MR) is 92.3 cm³/mol. The van der Waals surface area contributed by atoms with Gasteiger partial charge >= 0.3 is 0 Å². The third-order valence-corrected chi connectivity index (χ3v) is 5.21. The summed E-state index contributed by atoms with van der Waals surface area (Å²) in [6.07, 6.45) is 1.05. The van der Waals surface area contributed by atoms with E-state index in [2.05, 4.69) is 41.4 Å². The normalized spacial score (nSPS) is 27.5. The Hall–Kier alpha value is -1.14. The van der Waals surface area contributed by atoms with Crippen LogP contribution in [-0.4, -0.2) is 37.6 Å². The van der Waals surface area contributed by atoms with E-state index in [1.54, 1.807) is 0 Å². The average Bonchev–Trinajstić information content (AvgIpc) is 2.97. The summed E-state index contributed by atoms with van der Waals surface area (Å²) in [5.74, 6) is 0.363. The second-order valence-corrected chi connectivity index (χ2v) is 7.58. The zero-order chi connectivity index (χ0) is 16.4. The van der Waals surface area contributed by atoms with Crippen molar-refractivity contribution in [3.63, 3.8) is 0 Å². The maximum atomic E-state index is 12.6. The van der Waals surface area contributed by atoms with Crippen molar-refractivity contribution in [2.45, 2.75) is 37.8 Å². The minimum Gasteiger partial charge on any atom is -0.354 e. The zero-order valence-electron chi connectivity index (χ0n) is 13.7. The fourth-order valence-electron chi connectivity index (χ4n) is 3.41. The maximum absolute atomic E-state index is 12.6. The molecule has 1 amide bonds. The van der Waals surface area contributed by atoms with Gasteiger partial charge in [-0.2, -0.15) is 0 Å². The van der Waals surface area contributed by atoms with Crippen molar-refractivity contribution >= 4 is 17.5 Å². The molecule has 1 aromatic carbocycles. The summed E-state index contributed by atoms with van der Waals surface area (Å²) in [5, 5.41) is 7.20. The number of carbonyl (C=O) groups excluding carboxylic acids is 1. The number of hydrogen-bond acceptors (Lipinski definition) is 4. The van der Waals surface area contributed by atoms with E-state index in [-0.39, 0.29) is 17.4 Å². The van der Waals surface area contributed by atoms with Crippen LogP contribution >= 0.6 is 11.6 Å². The number of amides is 1. The van der Waals surface area contributed by atoms with Crippen molar-refractivity contribution in [1.29, 1.82) is 0 Å². The van der Waals surface area contributed by atoms with Gasteiger partial charge in [-0.05, 0) is 30.7 Å². The molecular weight excluding hydrogens is 312 g/mol. The monoisotopic (exact) mass is 336 g/mol. The lowest BCUT2D eigenvalue weighted by atomic mass is 9.84. The number of nitrogens with one attached hydrogen (secondary N) is 4. The van der Waals surface area contributed by atoms with Crippen molar-refractivity contribution < 1.29 is 4.79 Å². The third-order valence-electron chi connectivity index (χ3n) is 4.97. The van der Waals surface area contributed by atoms with Crippen LogP contribution in [0.4, 0.5) is 0 Å². The minimum absolute atomic E-state index is 0.0591. The molecule has 0 radical (unpaired) electrons. The Labute approximate surface area is 142 Å². The van der Waals surface area contributed by atoms with E-state index in [0.29, 0.717) is 18.5 Å². The van der Waals surface area contributed by atoms with Crippen molar-refractivity contribution in [3.05, 3.63) is 34.9 Å². The molecule has 23 heavy (non-hydrogen) atoms. The standard InChI is InChI=1S/C17H25ClN4O/c1-17(2,11-4-3-5-12(18)8-11)10-20-16(23)15-13-9-19-7-6-14(13)21-22-15/h3-5,8,13-15,19,21-22H,6-7,9-10H2,1-2H3,(H,20,23). The summed E-state index contributed by atoms with van der Waals surface area (Å²) in [5.41, 5.74) is 7.37. The smallest absolute Gasteiger partial charge is 0.238 e. The van der Waals surface area contributed by atoms with Crippen molar-refractivity contribution in [3.8, 4) is 0 Å². The molecule has 1 aromatic rings. The molecule has 3 rings (SSSR count). The largest absolute Gasteiger partial charge is 0.354 e. The van der Waals surface area contributed by atoms with Crippen LogP contribution < -0.4 is 21.5 Å². The quantitative estimate of drug-likeness (QED) is 0.667. The van der Waals surface area contributed by atoms with Crippen LogP contribution in [0.25, 0.3) is 0 Å². The molecule has 126 valence electrons. The lowest BCUT2D eigenvalue weighted by Crippen LogP contribution is -2.51. The summed E-state index contributed by atoms with van der Waals surface area (Å²) in [6, 6.07) is 8.03. The summed E-state index contributed by atoms with van der Waals surface area (Å²) in [7, 11) is 0. The topological polar surface area (TPSA) is 65.2 Å². The number of rotatable bonds is 4. The number of halogens is 1. The van der Waals surface area contributed by atoms with Gasteiger partial charge in [-0.1, -0.05) is 37.6 Å². The molecule has 0 saturated carbocycles. The molecule has 3 atom stereocenters. The number of hydrogen-bond donors (Lipinski definition) is 4. The van der Waals surface area contributed by atoms with Crippen LogP contribution in [-0.2, 0) is 10.2 Å². The van der Waals surface area contributed by atoms with Crippen LogP contribution in [0.1, 0.15) is 25.8 Å². The number of benzene rings is 1. The second kappa shape index (κ2) is 6.77. The Bertz CT molecular complexity index is 577. The third kappa shape index (κ3) is 3.69. The SMILES string of the molecule is CC(C)(CNC(=O)C1NNC2CCNCC21)c1cccc(Cl)c1. The first-order valence-electron chi connectivity index (χ1n) is 8.23. The van der Waals surface area contributed by atoms with Crippen LogP contribution in [0.15, 0.2) is 24.3 Å². The fourth-order valence-corrected chi connectivity index (χ4v) is 3.60. The first-order chi connectivity index (χ1) is 11.0. The molecule has 2 aliphatic rings. The maximum Gasteiger partial charge on any atom is 0.238 e. The van der Waals surface area contributed by atoms with Crippen LogP contribution in [0.5, 0.6) is 0 Å². The van der Waals surface area contributed by atoms with Gasteiger partial charge in [0.15, 0.2) is 0 Å². The molecule has 0 bridgehead atoms. The van der Waals surface area contributed by atoms with Crippen molar-refractivity contribution in [2.75, 3.05) is 19.6 Å². The lowest BCUT2D eigenvalue weighted by molar-refractivity contribution is -0.124. The van der Waals surface area contributed by atoms with Gasteiger partial charge in [0.2, 0.25) is 5.91 Å². The number of piperidine rings is 1. The Morgan fingerprint density at radius 3 is 3.00 bits per heavy atom. The minimum atomic E-state index is -0.178. The summed E-state index contributed by atoms with van der Waals surface area (Å²) >= 11 is 6.08. The molecule has 0 spiro atoms. The number of hydrazine groups is 1. The highest BCUT2D eigenvalue weighted by Gasteiger charge is 2.41. The van der Waals surface area contributed by atoms with Gasteiger partial charge < -0.3 is 10.6 Å². The van der Waals surface area contributed by atoms with Crippen LogP contribution in [0, 0.1) is 5.92 Å². The van der Waals surface area contributed by atoms with E-state index >= 15 is 0 Å². The summed E-state index contributed by atoms with van der Waals surface area (Å²) in [6.45, 7) is 6.69. The molecule has 0 aromatic heterocycles. The first-order valence-corrected chi connectivity index (χ1v) is 8.61. The van der Waals surface area contributed by atoms with E-state index in [9.17, 15) is 4.79 Å². The molecule has 2 heterocycles. The molecule has 0 aliphatic carbocycles. The predicted octanol–water partition coefficient (Wildman–Crippen LogP) is 1.19. The Kier molecular flexibility index (Phi) is 4.92. The molecule has 2 saturated heterocycles. The van der Waals surface area contributed by atoms with Crippen molar-refractivity contribution in [1.82, 2.24) is 21.5 Å². The fraction of sp³-hybridized carbons (Fsp3) is 0.588. The first kappa shape index (κ1) is 16.7. The van der Waals surface area contributed by atoms with Gasteiger partial charge in [0.1, 0.15) is 6.04 Å². The van der Waals surface area contributed by atoms with Crippen LogP contribution in [0.3, 0.4) is 0 Å². The van der Waals surface area contributed by atoms with Gasteiger partial charge in [0.25, 0.3) is 0 Å². The highest BCUT2D eigenvalue weighted by molar-refractivity contribution is 6.30. The molecule has 4 N–H and O–H groups in total. The number of carbonyl (C=O) groups is 1. The Balaban J connectivity index is 1.60. The van der Waals surface area contributed by atoms with E-state index in [1.807, 2.05) is 18.2 Å². The summed E-state index contributed by atoms with van der Waals surface area (Å²) < 4.78 is 0. The highest BCUT2D eigenvalue weighted by atomic mass is 35.5. The van der Waals surface area contributed by atoms with Crippen LogP contribution in [0.2, 0.25) is 5.02 Å². The van der Waals surface area contributed by atoms with E-state index in [0.717, 1.165) is 30.1 Å². The second-order valence-electron chi connectivity index (χ2n) is 7.14. The van der Waals surface area contributed by atoms with Gasteiger partial charge in [-0.15, -0.1) is 0 Å². The molecule has 2 fully saturated rings. The van der Waals surface area contributed by atoms with E-state index in [4.69, 9.17) is 11.6 Å². The summed E-state index contributed by atoms with van der Waals surface area (Å²) in [4.78, 5) is 12.6. The molecule has 6 heteroatoms. The van der Waals surface area contributed by atoms with E-state index < -0.39 is 0 Å². The molecule has 5 nitrogen and oxygen atoms in total. The Morgan fingerprint density at radius 1 is 1.39 bits per heavy atom.